The van der Waals surface area contributed by atoms with Gasteiger partial charge in [-0.05, 0) is 61.6 Å². The largest absolute Gasteiger partial charge is 0.507 e. The Labute approximate surface area is 181 Å². The van der Waals surface area contributed by atoms with Crippen LogP contribution in [0.15, 0.2) is 42.6 Å². The number of methoxy groups -OCH3 is 1. The van der Waals surface area contributed by atoms with E-state index in [0.29, 0.717) is 23.2 Å². The van der Waals surface area contributed by atoms with Crippen LogP contribution in [0, 0.1) is 5.92 Å². The summed E-state index contributed by atoms with van der Waals surface area (Å²) in [5.41, 5.74) is 2.91. The number of aromatic hydroxyl groups is 1. The van der Waals surface area contributed by atoms with Crippen LogP contribution in [-0.2, 0) is 0 Å². The van der Waals surface area contributed by atoms with Crippen molar-refractivity contribution >= 4 is 5.82 Å². The number of hydrogen-bond donors (Lipinski definition) is 2. The van der Waals surface area contributed by atoms with Crippen LogP contribution < -0.4 is 15.0 Å². The zero-order valence-electron chi connectivity index (χ0n) is 17.5. The van der Waals surface area contributed by atoms with Crippen LogP contribution in [0.2, 0.25) is 0 Å². The lowest BCUT2D eigenvalue weighted by Gasteiger charge is -2.17. The van der Waals surface area contributed by atoms with Gasteiger partial charge in [-0.2, -0.15) is 5.10 Å². The Balaban J connectivity index is 1.28. The Morgan fingerprint density at radius 2 is 1.97 bits per heavy atom. The molecule has 160 valence electrons. The maximum Gasteiger partial charge on any atom is 0.233 e. The van der Waals surface area contributed by atoms with Gasteiger partial charge in [-0.1, -0.05) is 6.07 Å². The fourth-order valence-corrected chi connectivity index (χ4v) is 3.96. The zero-order valence-corrected chi connectivity index (χ0v) is 17.5. The smallest absolute Gasteiger partial charge is 0.233 e. The Kier molecular flexibility index (Phi) is 5.38. The van der Waals surface area contributed by atoms with Crippen LogP contribution in [0.3, 0.4) is 0 Å². The molecule has 3 aromatic rings. The highest BCUT2D eigenvalue weighted by Crippen LogP contribution is 2.33. The molecule has 0 radical (unpaired) electrons. The third-order valence-electron chi connectivity index (χ3n) is 6.00. The second-order valence-corrected chi connectivity index (χ2v) is 8.28. The van der Waals surface area contributed by atoms with Gasteiger partial charge in [-0.15, -0.1) is 15.3 Å². The number of benzene rings is 1. The summed E-state index contributed by atoms with van der Waals surface area (Å²) < 4.78 is 5.12. The molecule has 5 rings (SSSR count). The maximum atomic E-state index is 10.6. The van der Waals surface area contributed by atoms with E-state index in [1.54, 1.807) is 25.4 Å². The summed E-state index contributed by atoms with van der Waals surface area (Å²) in [5, 5.41) is 30.9. The van der Waals surface area contributed by atoms with Crippen LogP contribution in [0.1, 0.15) is 19.3 Å². The monoisotopic (exact) mass is 418 g/mol. The number of rotatable bonds is 7. The van der Waals surface area contributed by atoms with Crippen LogP contribution in [0.4, 0.5) is 5.82 Å². The molecule has 0 bridgehead atoms. The quantitative estimate of drug-likeness (QED) is 0.605. The Bertz CT molecular complexity index is 1050. The summed E-state index contributed by atoms with van der Waals surface area (Å²) in [6.45, 7) is 3.09. The number of phenols is 1. The zero-order chi connectivity index (χ0) is 21.2. The second-order valence-electron chi connectivity index (χ2n) is 8.28. The molecule has 1 unspecified atom stereocenters. The van der Waals surface area contributed by atoms with E-state index in [0.717, 1.165) is 48.9 Å². The molecule has 1 aromatic carbocycles. The Morgan fingerprint density at radius 3 is 2.71 bits per heavy atom. The first-order valence-electron chi connectivity index (χ1n) is 10.7. The Hall–Kier alpha value is -3.26. The van der Waals surface area contributed by atoms with Crippen LogP contribution in [0.25, 0.3) is 22.4 Å². The summed E-state index contributed by atoms with van der Waals surface area (Å²) in [7, 11) is 1.55. The Morgan fingerprint density at radius 1 is 1.06 bits per heavy atom. The predicted octanol–water partition coefficient (Wildman–Crippen LogP) is 2.89. The van der Waals surface area contributed by atoms with Crippen molar-refractivity contribution in [2.24, 2.45) is 5.92 Å². The molecule has 1 aliphatic heterocycles. The van der Waals surface area contributed by atoms with Crippen molar-refractivity contribution in [2.75, 3.05) is 31.6 Å². The van der Waals surface area contributed by atoms with Crippen molar-refractivity contribution in [2.45, 2.75) is 25.3 Å². The van der Waals surface area contributed by atoms with E-state index in [1.165, 1.54) is 12.8 Å². The fourth-order valence-electron chi connectivity index (χ4n) is 3.96. The van der Waals surface area contributed by atoms with Crippen molar-refractivity contribution in [1.29, 1.82) is 0 Å². The molecule has 2 fully saturated rings. The molecule has 1 atom stereocenters. The van der Waals surface area contributed by atoms with Crippen molar-refractivity contribution in [3.05, 3.63) is 42.6 Å². The minimum atomic E-state index is 0.140. The summed E-state index contributed by atoms with van der Waals surface area (Å²) in [6.07, 6.45) is 5.51. The molecule has 1 saturated heterocycles. The first kappa shape index (κ1) is 19.7. The fraction of sp³-hybridized carbons (Fsp3) is 0.391. The second kappa shape index (κ2) is 8.47. The molecule has 1 aliphatic carbocycles. The van der Waals surface area contributed by atoms with Gasteiger partial charge in [0.2, 0.25) is 5.88 Å². The molecule has 0 spiro atoms. The summed E-state index contributed by atoms with van der Waals surface area (Å²) in [4.78, 5) is 2.27. The van der Waals surface area contributed by atoms with E-state index < -0.39 is 0 Å². The number of nitrogens with one attached hydrogen (secondary N) is 1. The van der Waals surface area contributed by atoms with E-state index in [9.17, 15) is 5.11 Å². The molecular formula is C23H26N6O2. The van der Waals surface area contributed by atoms with Crippen molar-refractivity contribution in [3.63, 3.8) is 0 Å². The van der Waals surface area contributed by atoms with Crippen molar-refractivity contribution < 1.29 is 9.84 Å². The normalized spacial score (nSPS) is 18.4. The third kappa shape index (κ3) is 4.44. The van der Waals surface area contributed by atoms with Gasteiger partial charge in [0.25, 0.3) is 0 Å². The maximum absolute atomic E-state index is 10.6. The first-order valence-corrected chi connectivity index (χ1v) is 10.7. The summed E-state index contributed by atoms with van der Waals surface area (Å²) in [6, 6.07) is 11.7. The molecule has 2 aliphatic rings. The van der Waals surface area contributed by atoms with E-state index in [1.807, 2.05) is 24.3 Å². The third-order valence-corrected chi connectivity index (χ3v) is 6.00. The topological polar surface area (TPSA) is 96.3 Å². The number of nitrogens with zero attached hydrogens (tertiary/aromatic N) is 5. The van der Waals surface area contributed by atoms with Crippen LogP contribution in [-0.4, -0.2) is 58.3 Å². The van der Waals surface area contributed by atoms with E-state index in [2.05, 4.69) is 30.6 Å². The minimum absolute atomic E-state index is 0.140. The molecule has 8 heteroatoms. The van der Waals surface area contributed by atoms with E-state index in [4.69, 9.17) is 4.74 Å². The molecule has 2 N–H and O–H groups in total. The van der Waals surface area contributed by atoms with Crippen LogP contribution in [0.5, 0.6) is 11.6 Å². The number of aromatic nitrogens is 4. The SMILES string of the molecule is COc1cc(-c2ccc(-c3ccc(N4CCC(NCC5CC5)C4)nn3)c(O)c2)cnn1. The minimum Gasteiger partial charge on any atom is -0.507 e. The average Bonchev–Trinajstić information content (AvgIpc) is 3.53. The van der Waals surface area contributed by atoms with Crippen molar-refractivity contribution in [3.8, 4) is 34.0 Å². The highest BCUT2D eigenvalue weighted by atomic mass is 16.5. The predicted molar refractivity (Wildman–Crippen MR) is 118 cm³/mol. The standard InChI is InChI=1S/C23H26N6O2/c1-31-23-11-17(13-25-28-23)16-4-5-19(21(30)10-16)20-6-7-22(27-26-20)29-9-8-18(14-29)24-12-15-2-3-15/h4-7,10-11,13,15,18,24,30H,2-3,8-9,12,14H2,1H3. The lowest BCUT2D eigenvalue weighted by molar-refractivity contribution is 0.392. The van der Waals surface area contributed by atoms with Gasteiger partial charge in [-0.3, -0.25) is 0 Å². The lowest BCUT2D eigenvalue weighted by Crippen LogP contribution is -2.34. The van der Waals surface area contributed by atoms with Crippen molar-refractivity contribution in [1.82, 2.24) is 25.7 Å². The highest BCUT2D eigenvalue weighted by molar-refractivity contribution is 5.74. The lowest BCUT2D eigenvalue weighted by atomic mass is 10.0. The number of hydrogen-bond acceptors (Lipinski definition) is 8. The molecular weight excluding hydrogens is 392 g/mol. The average molecular weight is 419 g/mol. The summed E-state index contributed by atoms with van der Waals surface area (Å²) in [5.74, 6) is 2.34. The van der Waals surface area contributed by atoms with E-state index in [-0.39, 0.29) is 5.75 Å². The van der Waals surface area contributed by atoms with E-state index >= 15 is 0 Å². The molecule has 8 nitrogen and oxygen atoms in total. The first-order chi connectivity index (χ1) is 15.2. The number of ether oxygens (including phenoxy) is 1. The number of phenolic OH excluding ortho intramolecular Hbond substituents is 1. The van der Waals surface area contributed by atoms with Gasteiger partial charge in [-0.25, -0.2) is 0 Å². The molecule has 2 aromatic heterocycles. The van der Waals surface area contributed by atoms with Gasteiger partial charge < -0.3 is 20.1 Å². The van der Waals surface area contributed by atoms with Gasteiger partial charge in [0.15, 0.2) is 5.82 Å². The summed E-state index contributed by atoms with van der Waals surface area (Å²) >= 11 is 0. The van der Waals surface area contributed by atoms with Gasteiger partial charge in [0, 0.05) is 36.3 Å². The molecule has 3 heterocycles. The highest BCUT2D eigenvalue weighted by Gasteiger charge is 2.27. The van der Waals surface area contributed by atoms with Gasteiger partial charge in [0.1, 0.15) is 5.75 Å². The molecule has 0 amide bonds. The molecule has 31 heavy (non-hydrogen) atoms. The van der Waals surface area contributed by atoms with Gasteiger partial charge in [0.05, 0.1) is 19.0 Å². The molecule has 1 saturated carbocycles. The van der Waals surface area contributed by atoms with Crippen LogP contribution >= 0.6 is 0 Å². The van der Waals surface area contributed by atoms with Gasteiger partial charge >= 0.3 is 0 Å². The number of anilines is 1.